The van der Waals surface area contributed by atoms with Gasteiger partial charge in [0, 0.05) is 11.3 Å². The van der Waals surface area contributed by atoms with Crippen molar-refractivity contribution in [3.8, 4) is 5.75 Å². The van der Waals surface area contributed by atoms with Gasteiger partial charge >= 0.3 is 0 Å². The van der Waals surface area contributed by atoms with Crippen molar-refractivity contribution >= 4 is 17.5 Å². The molecule has 0 aliphatic rings. The third kappa shape index (κ3) is 5.01. The monoisotopic (exact) mass is 378 g/mol. The molecule has 1 heterocycles. The van der Waals surface area contributed by atoms with E-state index in [-0.39, 0.29) is 11.8 Å². The van der Waals surface area contributed by atoms with Crippen LogP contribution in [0.15, 0.2) is 71.3 Å². The molecule has 2 aromatic carbocycles. The number of ether oxygens (including phenoxy) is 1. The maximum Gasteiger partial charge on any atom is 0.265 e. The first kappa shape index (κ1) is 19.2. The van der Waals surface area contributed by atoms with Crippen molar-refractivity contribution < 1.29 is 18.7 Å². The molecule has 0 radical (unpaired) electrons. The first-order valence-electron chi connectivity index (χ1n) is 8.97. The second-order valence-electron chi connectivity index (χ2n) is 6.36. The van der Waals surface area contributed by atoms with Crippen LogP contribution in [-0.4, -0.2) is 17.9 Å². The first-order chi connectivity index (χ1) is 13.5. The maximum absolute atomic E-state index is 12.4. The summed E-state index contributed by atoms with van der Waals surface area (Å²) in [7, 11) is 0. The molecule has 3 rings (SSSR count). The molecule has 6 heteroatoms. The SMILES string of the molecule is Cc1ccccc1OC(C)C(=O)Nc1cccc(C(=O)NCc2ccco2)c1. The lowest BCUT2D eigenvalue weighted by Crippen LogP contribution is -2.30. The number of amides is 2. The molecule has 2 N–H and O–H groups in total. The van der Waals surface area contributed by atoms with Gasteiger partial charge in [0.25, 0.3) is 11.8 Å². The molecule has 28 heavy (non-hydrogen) atoms. The van der Waals surface area contributed by atoms with E-state index in [9.17, 15) is 9.59 Å². The first-order valence-corrected chi connectivity index (χ1v) is 8.97. The predicted octanol–water partition coefficient (Wildman–Crippen LogP) is 3.92. The lowest BCUT2D eigenvalue weighted by molar-refractivity contribution is -0.122. The highest BCUT2D eigenvalue weighted by Crippen LogP contribution is 2.19. The average Bonchev–Trinajstić information content (AvgIpc) is 3.21. The van der Waals surface area contributed by atoms with Gasteiger partial charge in [0.1, 0.15) is 11.5 Å². The number of rotatable bonds is 7. The Labute approximate surface area is 163 Å². The van der Waals surface area contributed by atoms with E-state index in [1.54, 1.807) is 49.6 Å². The number of nitrogens with one attached hydrogen (secondary N) is 2. The van der Waals surface area contributed by atoms with E-state index in [0.29, 0.717) is 29.3 Å². The molecule has 6 nitrogen and oxygen atoms in total. The summed E-state index contributed by atoms with van der Waals surface area (Å²) >= 11 is 0. The number of aryl methyl sites for hydroxylation is 1. The van der Waals surface area contributed by atoms with Gasteiger partial charge in [0.05, 0.1) is 12.8 Å². The molecular weight excluding hydrogens is 356 g/mol. The van der Waals surface area contributed by atoms with Gasteiger partial charge in [-0.05, 0) is 55.8 Å². The minimum absolute atomic E-state index is 0.253. The average molecular weight is 378 g/mol. The molecule has 144 valence electrons. The summed E-state index contributed by atoms with van der Waals surface area (Å²) in [6.45, 7) is 3.90. The number of para-hydroxylation sites is 1. The van der Waals surface area contributed by atoms with Crippen LogP contribution in [0.5, 0.6) is 5.75 Å². The van der Waals surface area contributed by atoms with Crippen molar-refractivity contribution in [2.75, 3.05) is 5.32 Å². The Morgan fingerprint density at radius 1 is 1.07 bits per heavy atom. The van der Waals surface area contributed by atoms with Crippen molar-refractivity contribution in [2.45, 2.75) is 26.5 Å². The summed E-state index contributed by atoms with van der Waals surface area (Å²) < 4.78 is 10.9. The van der Waals surface area contributed by atoms with Gasteiger partial charge < -0.3 is 19.8 Å². The molecule has 0 saturated heterocycles. The van der Waals surface area contributed by atoms with Crippen LogP contribution >= 0.6 is 0 Å². The van der Waals surface area contributed by atoms with Gasteiger partial charge in [-0.15, -0.1) is 0 Å². The van der Waals surface area contributed by atoms with Crippen LogP contribution in [0.2, 0.25) is 0 Å². The highest BCUT2D eigenvalue weighted by Gasteiger charge is 2.16. The number of anilines is 1. The standard InChI is InChI=1S/C22H22N2O4/c1-15-7-3-4-11-20(15)28-16(2)21(25)24-18-9-5-8-17(13-18)22(26)23-14-19-10-6-12-27-19/h3-13,16H,14H2,1-2H3,(H,23,26)(H,24,25). The molecular formula is C22H22N2O4. The van der Waals surface area contributed by atoms with Crippen LogP contribution < -0.4 is 15.4 Å². The quantitative estimate of drug-likeness (QED) is 0.653. The summed E-state index contributed by atoms with van der Waals surface area (Å²) in [6.07, 6.45) is 0.871. The van der Waals surface area contributed by atoms with E-state index in [0.717, 1.165) is 5.56 Å². The number of furan rings is 1. The van der Waals surface area contributed by atoms with Crippen molar-refractivity contribution in [2.24, 2.45) is 0 Å². The lowest BCUT2D eigenvalue weighted by Gasteiger charge is -2.16. The molecule has 1 unspecified atom stereocenters. The smallest absolute Gasteiger partial charge is 0.265 e. The van der Waals surface area contributed by atoms with Crippen LogP contribution in [0, 0.1) is 6.92 Å². The van der Waals surface area contributed by atoms with E-state index < -0.39 is 6.10 Å². The van der Waals surface area contributed by atoms with Crippen molar-refractivity contribution in [3.63, 3.8) is 0 Å². The predicted molar refractivity (Wildman–Crippen MR) is 106 cm³/mol. The van der Waals surface area contributed by atoms with Crippen LogP contribution in [0.1, 0.15) is 28.6 Å². The fraction of sp³-hybridized carbons (Fsp3) is 0.182. The van der Waals surface area contributed by atoms with Crippen LogP contribution in [0.4, 0.5) is 5.69 Å². The van der Waals surface area contributed by atoms with E-state index in [2.05, 4.69) is 10.6 Å². The number of hydrogen-bond donors (Lipinski definition) is 2. The van der Waals surface area contributed by atoms with Crippen molar-refractivity contribution in [1.82, 2.24) is 5.32 Å². The van der Waals surface area contributed by atoms with Crippen LogP contribution in [-0.2, 0) is 11.3 Å². The Bertz CT molecular complexity index is 951. The number of carbonyl (C=O) groups excluding carboxylic acids is 2. The molecule has 1 aromatic heterocycles. The molecule has 2 amide bonds. The fourth-order valence-electron chi connectivity index (χ4n) is 2.60. The van der Waals surface area contributed by atoms with Crippen LogP contribution in [0.3, 0.4) is 0 Å². The van der Waals surface area contributed by atoms with E-state index in [4.69, 9.17) is 9.15 Å². The molecule has 0 saturated carbocycles. The summed E-state index contributed by atoms with van der Waals surface area (Å²) in [5, 5.41) is 5.56. The third-order valence-corrected chi connectivity index (χ3v) is 4.16. The zero-order chi connectivity index (χ0) is 19.9. The second-order valence-corrected chi connectivity index (χ2v) is 6.36. The zero-order valence-corrected chi connectivity index (χ0v) is 15.8. The Morgan fingerprint density at radius 3 is 2.64 bits per heavy atom. The van der Waals surface area contributed by atoms with Gasteiger partial charge in [0.2, 0.25) is 0 Å². The molecule has 0 bridgehead atoms. The van der Waals surface area contributed by atoms with Gasteiger partial charge in [-0.3, -0.25) is 9.59 Å². The summed E-state index contributed by atoms with van der Waals surface area (Å²) in [5.41, 5.74) is 1.92. The Kier molecular flexibility index (Phi) is 6.11. The van der Waals surface area contributed by atoms with Gasteiger partial charge in [0.15, 0.2) is 6.10 Å². The molecule has 0 aliphatic carbocycles. The Balaban J connectivity index is 1.59. The Morgan fingerprint density at radius 2 is 1.89 bits per heavy atom. The lowest BCUT2D eigenvalue weighted by atomic mass is 10.2. The Hall–Kier alpha value is -3.54. The topological polar surface area (TPSA) is 80.6 Å². The molecule has 0 spiro atoms. The minimum atomic E-state index is -0.683. The zero-order valence-electron chi connectivity index (χ0n) is 15.8. The minimum Gasteiger partial charge on any atom is -0.481 e. The van der Waals surface area contributed by atoms with E-state index in [1.807, 2.05) is 31.2 Å². The number of carbonyl (C=O) groups is 2. The highest BCUT2D eigenvalue weighted by molar-refractivity contribution is 5.98. The second kappa shape index (κ2) is 8.90. The van der Waals surface area contributed by atoms with Gasteiger partial charge in [-0.25, -0.2) is 0 Å². The van der Waals surface area contributed by atoms with E-state index in [1.165, 1.54) is 0 Å². The largest absolute Gasteiger partial charge is 0.481 e. The molecule has 1 atom stereocenters. The fourth-order valence-corrected chi connectivity index (χ4v) is 2.60. The van der Waals surface area contributed by atoms with Gasteiger partial charge in [-0.1, -0.05) is 24.3 Å². The van der Waals surface area contributed by atoms with Gasteiger partial charge in [-0.2, -0.15) is 0 Å². The summed E-state index contributed by atoms with van der Waals surface area (Å²) in [4.78, 5) is 24.7. The van der Waals surface area contributed by atoms with Crippen molar-refractivity contribution in [3.05, 3.63) is 83.8 Å². The number of hydrogen-bond acceptors (Lipinski definition) is 4. The number of benzene rings is 2. The van der Waals surface area contributed by atoms with Crippen molar-refractivity contribution in [1.29, 1.82) is 0 Å². The highest BCUT2D eigenvalue weighted by atomic mass is 16.5. The third-order valence-electron chi connectivity index (χ3n) is 4.16. The van der Waals surface area contributed by atoms with Crippen LogP contribution in [0.25, 0.3) is 0 Å². The molecule has 0 aliphatic heterocycles. The summed E-state index contributed by atoms with van der Waals surface area (Å²) in [5.74, 6) is 0.782. The molecule has 3 aromatic rings. The maximum atomic E-state index is 12.4. The molecule has 0 fully saturated rings. The summed E-state index contributed by atoms with van der Waals surface area (Å²) in [6, 6.07) is 17.8. The van der Waals surface area contributed by atoms with E-state index >= 15 is 0 Å². The normalized spacial score (nSPS) is 11.5.